The van der Waals surface area contributed by atoms with Crippen LogP contribution >= 0.6 is 0 Å². The molecule has 0 atom stereocenters. The molecule has 0 aromatic heterocycles. The molecule has 1 aliphatic carbocycles. The third-order valence-electron chi connectivity index (χ3n) is 3.85. The largest absolute Gasteiger partial charge is 0.279 e. The molecule has 0 saturated heterocycles. The second kappa shape index (κ2) is 4.71. The maximum absolute atomic E-state index is 12.5. The normalized spacial score (nSPS) is 12.7. The van der Waals surface area contributed by atoms with Crippen LogP contribution in [-0.4, -0.2) is 8.42 Å². The van der Waals surface area contributed by atoms with Crippen LogP contribution in [-0.2, 0) is 10.0 Å². The predicted octanol–water partition coefficient (Wildman–Crippen LogP) is 4.12. The van der Waals surface area contributed by atoms with E-state index in [0.717, 1.165) is 21.9 Å². The second-order valence-corrected chi connectivity index (χ2v) is 6.91. The molecule has 0 radical (unpaired) electrons. The monoisotopic (exact) mass is 307 g/mol. The summed E-state index contributed by atoms with van der Waals surface area (Å²) in [6.45, 7) is 0. The van der Waals surface area contributed by atoms with E-state index in [1.807, 2.05) is 42.5 Å². The number of nitrogens with one attached hydrogen (secondary N) is 1. The molecule has 4 heteroatoms. The van der Waals surface area contributed by atoms with Crippen LogP contribution in [0.3, 0.4) is 0 Å². The van der Waals surface area contributed by atoms with Gasteiger partial charge in [-0.25, -0.2) is 8.42 Å². The summed E-state index contributed by atoms with van der Waals surface area (Å²) in [7, 11) is -3.58. The maximum atomic E-state index is 12.5. The van der Waals surface area contributed by atoms with Gasteiger partial charge in [-0.15, -0.1) is 0 Å². The lowest BCUT2D eigenvalue weighted by Gasteiger charge is -2.12. The van der Waals surface area contributed by atoms with Gasteiger partial charge in [-0.3, -0.25) is 4.72 Å². The van der Waals surface area contributed by atoms with Crippen LogP contribution in [0.2, 0.25) is 0 Å². The molecule has 3 aromatic carbocycles. The summed E-state index contributed by atoms with van der Waals surface area (Å²) >= 11 is 0. The molecule has 0 heterocycles. The van der Waals surface area contributed by atoms with Crippen molar-refractivity contribution in [3.05, 3.63) is 71.8 Å². The zero-order valence-corrected chi connectivity index (χ0v) is 12.5. The molecule has 3 aromatic rings. The summed E-state index contributed by atoms with van der Waals surface area (Å²) in [5, 5.41) is 2.01. The van der Waals surface area contributed by atoms with Crippen LogP contribution < -0.4 is 4.72 Å². The summed E-state index contributed by atoms with van der Waals surface area (Å²) < 4.78 is 27.7. The van der Waals surface area contributed by atoms with Gasteiger partial charge < -0.3 is 0 Å². The molecule has 3 nitrogen and oxygen atoms in total. The first-order valence-electron chi connectivity index (χ1n) is 6.97. The Kier molecular flexibility index (Phi) is 2.81. The van der Waals surface area contributed by atoms with Crippen LogP contribution in [0, 0.1) is 0 Å². The van der Waals surface area contributed by atoms with Crippen LogP contribution in [0.15, 0.2) is 65.6 Å². The van der Waals surface area contributed by atoms with E-state index in [9.17, 15) is 8.42 Å². The maximum Gasteiger partial charge on any atom is 0.261 e. The first-order valence-corrected chi connectivity index (χ1v) is 8.45. The minimum atomic E-state index is -3.58. The fraction of sp³-hybridized carbons (Fsp3) is 0. The van der Waals surface area contributed by atoms with Gasteiger partial charge in [0.1, 0.15) is 0 Å². The van der Waals surface area contributed by atoms with Gasteiger partial charge in [0.25, 0.3) is 10.0 Å². The molecule has 4 rings (SSSR count). The quantitative estimate of drug-likeness (QED) is 0.619. The van der Waals surface area contributed by atoms with Gasteiger partial charge in [0.2, 0.25) is 0 Å². The zero-order valence-electron chi connectivity index (χ0n) is 11.7. The number of benzene rings is 3. The van der Waals surface area contributed by atoms with E-state index in [1.54, 1.807) is 30.3 Å². The van der Waals surface area contributed by atoms with Gasteiger partial charge in [0.15, 0.2) is 0 Å². The van der Waals surface area contributed by atoms with Crippen molar-refractivity contribution < 1.29 is 8.42 Å². The third kappa shape index (κ3) is 2.00. The zero-order chi connectivity index (χ0) is 15.2. The summed E-state index contributed by atoms with van der Waals surface area (Å²) in [6, 6.07) is 18.1. The number of anilines is 1. The van der Waals surface area contributed by atoms with Crippen molar-refractivity contribution >= 4 is 38.6 Å². The van der Waals surface area contributed by atoms with Crippen molar-refractivity contribution in [3.63, 3.8) is 0 Å². The number of hydrogen-bond acceptors (Lipinski definition) is 2. The van der Waals surface area contributed by atoms with Crippen molar-refractivity contribution in [3.8, 4) is 0 Å². The minimum absolute atomic E-state index is 0.261. The smallest absolute Gasteiger partial charge is 0.261 e. The molecule has 0 saturated carbocycles. The van der Waals surface area contributed by atoms with Crippen molar-refractivity contribution in [2.45, 2.75) is 4.90 Å². The minimum Gasteiger partial charge on any atom is -0.279 e. The molecule has 0 unspecified atom stereocenters. The molecule has 108 valence electrons. The molecule has 0 amide bonds. The highest BCUT2D eigenvalue weighted by molar-refractivity contribution is 7.92. The number of rotatable bonds is 3. The Hall–Kier alpha value is -2.59. The molecule has 1 aliphatic rings. The number of hydrogen-bond donors (Lipinski definition) is 1. The average molecular weight is 307 g/mol. The molecule has 0 spiro atoms. The van der Waals surface area contributed by atoms with E-state index < -0.39 is 10.0 Å². The summed E-state index contributed by atoms with van der Waals surface area (Å²) in [6.07, 6.45) is 4.10. The summed E-state index contributed by atoms with van der Waals surface area (Å²) in [5.41, 5.74) is 2.84. The Morgan fingerprint density at radius 3 is 2.23 bits per heavy atom. The predicted molar refractivity (Wildman–Crippen MR) is 90.1 cm³/mol. The highest BCUT2D eigenvalue weighted by atomic mass is 32.2. The van der Waals surface area contributed by atoms with Crippen LogP contribution in [0.1, 0.15) is 11.1 Å². The van der Waals surface area contributed by atoms with E-state index in [2.05, 4.69) is 4.72 Å². The Morgan fingerprint density at radius 1 is 0.727 bits per heavy atom. The molecule has 0 aliphatic heterocycles. The highest BCUT2D eigenvalue weighted by Gasteiger charge is 2.17. The molecular weight excluding hydrogens is 294 g/mol. The molecule has 0 fully saturated rings. The molecule has 0 bridgehead atoms. The van der Waals surface area contributed by atoms with Crippen LogP contribution in [0.5, 0.6) is 0 Å². The Morgan fingerprint density at radius 2 is 1.45 bits per heavy atom. The van der Waals surface area contributed by atoms with E-state index in [1.165, 1.54) is 0 Å². The van der Waals surface area contributed by atoms with Crippen molar-refractivity contribution in [2.24, 2.45) is 0 Å². The van der Waals surface area contributed by atoms with Gasteiger partial charge in [0.05, 0.1) is 10.6 Å². The third-order valence-corrected chi connectivity index (χ3v) is 5.23. The highest BCUT2D eigenvalue weighted by Crippen LogP contribution is 2.35. The first-order chi connectivity index (χ1) is 10.6. The van der Waals surface area contributed by atoms with E-state index in [4.69, 9.17) is 0 Å². The van der Waals surface area contributed by atoms with Gasteiger partial charge in [-0.1, -0.05) is 54.6 Å². The fourth-order valence-electron chi connectivity index (χ4n) is 2.81. The van der Waals surface area contributed by atoms with Gasteiger partial charge >= 0.3 is 0 Å². The molecular formula is C18H13NO2S. The van der Waals surface area contributed by atoms with Crippen LogP contribution in [0.25, 0.3) is 22.9 Å². The lowest BCUT2D eigenvalue weighted by atomic mass is 10.0. The number of sulfonamides is 1. The second-order valence-electron chi connectivity index (χ2n) is 5.22. The SMILES string of the molecule is O=S(=O)(Nc1ccc2c3c(cccc13)C=C2)c1ccccc1. The van der Waals surface area contributed by atoms with E-state index in [0.29, 0.717) is 5.69 Å². The Balaban J connectivity index is 1.84. The lowest BCUT2D eigenvalue weighted by Crippen LogP contribution is -2.13. The van der Waals surface area contributed by atoms with Crippen LogP contribution in [0.4, 0.5) is 5.69 Å². The lowest BCUT2D eigenvalue weighted by molar-refractivity contribution is 0.601. The molecule has 22 heavy (non-hydrogen) atoms. The van der Waals surface area contributed by atoms with Gasteiger partial charge in [-0.05, 0) is 34.7 Å². The Bertz CT molecular complexity index is 994. The van der Waals surface area contributed by atoms with Gasteiger partial charge in [-0.2, -0.15) is 0 Å². The standard InChI is InChI=1S/C18H13NO2S/c20-22(21,15-6-2-1-3-7-15)19-17-12-11-14-10-9-13-5-4-8-16(17)18(13)14/h1-12,19H. The molecule has 1 N–H and O–H groups in total. The van der Waals surface area contributed by atoms with E-state index in [-0.39, 0.29) is 4.90 Å². The van der Waals surface area contributed by atoms with Crippen molar-refractivity contribution in [1.82, 2.24) is 0 Å². The van der Waals surface area contributed by atoms with Gasteiger partial charge in [0, 0.05) is 5.39 Å². The Labute approximate surface area is 129 Å². The van der Waals surface area contributed by atoms with Crippen molar-refractivity contribution in [1.29, 1.82) is 0 Å². The average Bonchev–Trinajstić information content (AvgIpc) is 2.96. The first kappa shape index (κ1) is 13.1. The topological polar surface area (TPSA) is 46.2 Å². The summed E-state index contributed by atoms with van der Waals surface area (Å²) in [5.74, 6) is 0. The van der Waals surface area contributed by atoms with Crippen molar-refractivity contribution in [2.75, 3.05) is 4.72 Å². The fourth-order valence-corrected chi connectivity index (χ4v) is 3.91. The van der Waals surface area contributed by atoms with E-state index >= 15 is 0 Å². The summed E-state index contributed by atoms with van der Waals surface area (Å²) in [4.78, 5) is 0.261.